The molecule has 0 saturated carbocycles. The van der Waals surface area contributed by atoms with E-state index in [1.54, 1.807) is 12.1 Å². The first-order valence-corrected chi connectivity index (χ1v) is 7.42. The number of hydrogen-bond acceptors (Lipinski definition) is 4. The molecule has 2 heterocycles. The fourth-order valence-electron chi connectivity index (χ4n) is 2.28. The van der Waals surface area contributed by atoms with Crippen LogP contribution in [-0.2, 0) is 4.84 Å². The molecule has 1 N–H and O–H groups in total. The summed E-state index contributed by atoms with van der Waals surface area (Å²) in [6.45, 7) is 4.00. The highest BCUT2D eigenvalue weighted by molar-refractivity contribution is 6.69. The van der Waals surface area contributed by atoms with Gasteiger partial charge in [-0.25, -0.2) is 0 Å². The van der Waals surface area contributed by atoms with E-state index >= 15 is 0 Å². The molecule has 110 valence electrons. The fraction of sp³-hybridized carbons (Fsp3) is 0.571. The standard InChI is InChI=1S/C14H21ClN3O2/c15-14(13-6-4-10-18(19)12-13)16-20-11-5-9-17-7-2-1-3-8-17/h4,6,10,12,19H,1-3,5,7-9,11H2/q+1/b16-14-. The third-order valence-electron chi connectivity index (χ3n) is 3.33. The number of nitrogens with zero attached hydrogens (tertiary/aromatic N) is 3. The van der Waals surface area contributed by atoms with E-state index in [9.17, 15) is 5.21 Å². The number of pyridine rings is 1. The van der Waals surface area contributed by atoms with E-state index < -0.39 is 0 Å². The van der Waals surface area contributed by atoms with Gasteiger partial charge in [0.25, 0.3) is 0 Å². The Balaban J connectivity index is 1.67. The van der Waals surface area contributed by atoms with E-state index in [2.05, 4.69) is 10.1 Å². The summed E-state index contributed by atoms with van der Waals surface area (Å²) >= 11 is 6.00. The summed E-state index contributed by atoms with van der Waals surface area (Å²) < 4.78 is 0.934. The highest BCUT2D eigenvalue weighted by atomic mass is 35.5. The maximum atomic E-state index is 9.27. The van der Waals surface area contributed by atoms with Gasteiger partial charge in [0.2, 0.25) is 12.4 Å². The smallest absolute Gasteiger partial charge is 0.232 e. The Morgan fingerprint density at radius 2 is 2.20 bits per heavy atom. The molecule has 0 radical (unpaired) electrons. The lowest BCUT2D eigenvalue weighted by Gasteiger charge is -2.25. The van der Waals surface area contributed by atoms with E-state index in [1.807, 2.05) is 0 Å². The molecular formula is C14H21ClN3O2+. The fourth-order valence-corrected chi connectivity index (χ4v) is 2.44. The quantitative estimate of drug-likeness (QED) is 0.287. The molecule has 0 amide bonds. The van der Waals surface area contributed by atoms with Gasteiger partial charge in [-0.1, -0.05) is 23.2 Å². The molecule has 1 fully saturated rings. The summed E-state index contributed by atoms with van der Waals surface area (Å²) in [5, 5.41) is 13.4. The van der Waals surface area contributed by atoms with E-state index in [-0.39, 0.29) is 5.17 Å². The monoisotopic (exact) mass is 298 g/mol. The van der Waals surface area contributed by atoms with Gasteiger partial charge in [0, 0.05) is 17.3 Å². The van der Waals surface area contributed by atoms with Gasteiger partial charge in [0.05, 0.1) is 5.56 Å². The summed E-state index contributed by atoms with van der Waals surface area (Å²) in [6, 6.07) is 3.44. The highest BCUT2D eigenvalue weighted by Gasteiger charge is 2.09. The molecule has 1 aromatic heterocycles. The summed E-state index contributed by atoms with van der Waals surface area (Å²) in [5.74, 6) is 0. The predicted molar refractivity (Wildman–Crippen MR) is 77.1 cm³/mol. The normalized spacial score (nSPS) is 17.1. The van der Waals surface area contributed by atoms with Gasteiger partial charge in [-0.2, -0.15) is 0 Å². The predicted octanol–water partition coefficient (Wildman–Crippen LogP) is 2.00. The van der Waals surface area contributed by atoms with Crippen molar-refractivity contribution in [1.82, 2.24) is 4.90 Å². The van der Waals surface area contributed by atoms with Crippen LogP contribution in [0.4, 0.5) is 0 Å². The zero-order valence-electron chi connectivity index (χ0n) is 11.5. The van der Waals surface area contributed by atoms with Crippen molar-refractivity contribution < 1.29 is 14.8 Å². The van der Waals surface area contributed by atoms with Crippen LogP contribution in [0.2, 0.25) is 0 Å². The number of hydrogen-bond donors (Lipinski definition) is 1. The number of aromatic nitrogens is 1. The first-order valence-electron chi connectivity index (χ1n) is 7.04. The van der Waals surface area contributed by atoms with E-state index in [4.69, 9.17) is 16.4 Å². The second kappa shape index (κ2) is 8.07. The molecule has 1 aliphatic heterocycles. The number of rotatable bonds is 6. The molecule has 1 aromatic rings. The van der Waals surface area contributed by atoms with Crippen LogP contribution in [0, 0.1) is 0 Å². The maximum Gasteiger partial charge on any atom is 0.232 e. The van der Waals surface area contributed by atoms with Crippen molar-refractivity contribution in [2.45, 2.75) is 25.7 Å². The third kappa shape index (κ3) is 4.98. The van der Waals surface area contributed by atoms with Gasteiger partial charge in [0.15, 0.2) is 5.17 Å². The molecule has 0 aliphatic carbocycles. The molecule has 5 nitrogen and oxygen atoms in total. The van der Waals surface area contributed by atoms with Crippen LogP contribution in [0.3, 0.4) is 0 Å². The molecule has 6 heteroatoms. The second-order valence-electron chi connectivity index (χ2n) is 4.94. The molecule has 1 saturated heterocycles. The molecule has 0 spiro atoms. The van der Waals surface area contributed by atoms with Crippen molar-refractivity contribution in [3.05, 3.63) is 30.1 Å². The lowest BCUT2D eigenvalue weighted by atomic mass is 10.1. The molecule has 0 unspecified atom stereocenters. The van der Waals surface area contributed by atoms with Gasteiger partial charge in [0.1, 0.15) is 6.61 Å². The first-order chi connectivity index (χ1) is 9.75. The largest absolute Gasteiger partial charge is 0.395 e. The van der Waals surface area contributed by atoms with Crippen LogP contribution < -0.4 is 4.73 Å². The molecule has 0 atom stereocenters. The summed E-state index contributed by atoms with van der Waals surface area (Å²) in [4.78, 5) is 7.68. The zero-order chi connectivity index (χ0) is 14.2. The van der Waals surface area contributed by atoms with E-state index in [0.717, 1.165) is 17.7 Å². The number of piperidine rings is 1. The molecular weight excluding hydrogens is 278 g/mol. The molecule has 0 bridgehead atoms. The maximum absolute atomic E-state index is 9.27. The highest BCUT2D eigenvalue weighted by Crippen LogP contribution is 2.09. The summed E-state index contributed by atoms with van der Waals surface area (Å²) in [7, 11) is 0. The Hall–Kier alpha value is -1.33. The van der Waals surface area contributed by atoms with E-state index in [1.165, 1.54) is 44.7 Å². The van der Waals surface area contributed by atoms with Crippen molar-refractivity contribution in [3.63, 3.8) is 0 Å². The lowest BCUT2D eigenvalue weighted by Crippen LogP contribution is -2.31. The molecule has 0 aromatic carbocycles. The van der Waals surface area contributed by atoms with Crippen LogP contribution in [0.1, 0.15) is 31.2 Å². The van der Waals surface area contributed by atoms with Gasteiger partial charge in [-0.3, -0.25) is 5.21 Å². The second-order valence-corrected chi connectivity index (χ2v) is 5.30. The molecule has 1 aliphatic rings. The summed E-state index contributed by atoms with van der Waals surface area (Å²) in [6.07, 6.45) is 7.90. The van der Waals surface area contributed by atoms with Crippen molar-refractivity contribution in [2.24, 2.45) is 5.16 Å². The van der Waals surface area contributed by atoms with Crippen molar-refractivity contribution in [3.8, 4) is 0 Å². The Kier molecular flexibility index (Phi) is 6.08. The van der Waals surface area contributed by atoms with Crippen LogP contribution in [0.25, 0.3) is 0 Å². The number of oxime groups is 1. The van der Waals surface area contributed by atoms with Crippen LogP contribution in [-0.4, -0.2) is 41.5 Å². The average molecular weight is 299 g/mol. The molecule has 2 rings (SSSR count). The van der Waals surface area contributed by atoms with E-state index in [0.29, 0.717) is 12.2 Å². The number of likely N-dealkylation sites (tertiary alicyclic amines) is 1. The van der Waals surface area contributed by atoms with Gasteiger partial charge < -0.3 is 9.74 Å². The van der Waals surface area contributed by atoms with Crippen LogP contribution >= 0.6 is 11.6 Å². The average Bonchev–Trinajstić information content (AvgIpc) is 2.48. The minimum absolute atomic E-state index is 0.242. The Morgan fingerprint density at radius 3 is 2.95 bits per heavy atom. The lowest BCUT2D eigenvalue weighted by molar-refractivity contribution is -0.904. The van der Waals surface area contributed by atoms with Crippen molar-refractivity contribution >= 4 is 16.8 Å². The Labute approximate surface area is 124 Å². The third-order valence-corrected chi connectivity index (χ3v) is 3.61. The Bertz CT molecular complexity index is 448. The van der Waals surface area contributed by atoms with Crippen LogP contribution in [0.5, 0.6) is 0 Å². The minimum atomic E-state index is 0.242. The van der Waals surface area contributed by atoms with Crippen LogP contribution in [0.15, 0.2) is 29.7 Å². The van der Waals surface area contributed by atoms with Crippen molar-refractivity contribution in [1.29, 1.82) is 0 Å². The minimum Gasteiger partial charge on any atom is -0.395 e. The molecule has 20 heavy (non-hydrogen) atoms. The van der Waals surface area contributed by atoms with Crippen molar-refractivity contribution in [2.75, 3.05) is 26.2 Å². The summed E-state index contributed by atoms with van der Waals surface area (Å²) in [5.41, 5.74) is 0.618. The zero-order valence-corrected chi connectivity index (χ0v) is 12.3. The van der Waals surface area contributed by atoms with Gasteiger partial charge >= 0.3 is 0 Å². The first kappa shape index (κ1) is 15.1. The van der Waals surface area contributed by atoms with Gasteiger partial charge in [-0.15, -0.1) is 0 Å². The number of halogens is 1. The van der Waals surface area contributed by atoms with Gasteiger partial charge in [-0.05, 0) is 38.4 Å². The Morgan fingerprint density at radius 1 is 1.40 bits per heavy atom. The topological polar surface area (TPSA) is 48.9 Å². The SMILES string of the molecule is O[n+]1cccc(/C(Cl)=N/OCCCN2CCCCC2)c1.